The maximum Gasteiger partial charge on any atom is 0.0854 e. The van der Waals surface area contributed by atoms with Gasteiger partial charge in [0.25, 0.3) is 0 Å². The molecule has 1 atom stereocenters. The molecule has 2 heteroatoms. The normalized spacial score (nSPS) is 13.4. The lowest BCUT2D eigenvalue weighted by Crippen LogP contribution is -2.41. The van der Waals surface area contributed by atoms with Crippen LogP contribution in [0.5, 0.6) is 0 Å². The summed E-state index contributed by atoms with van der Waals surface area (Å²) in [5, 5.41) is 11.7. The van der Waals surface area contributed by atoms with E-state index in [4.69, 9.17) is 0 Å². The van der Waals surface area contributed by atoms with E-state index >= 15 is 0 Å². The Balaban J connectivity index is 3.10. The first-order chi connectivity index (χ1) is 11.5. The summed E-state index contributed by atoms with van der Waals surface area (Å²) in [6.07, 6.45) is 23.6. The minimum absolute atomic E-state index is 0.140. The Morgan fingerprint density at radius 2 is 0.875 bits per heavy atom. The molecule has 0 aliphatic rings. The van der Waals surface area contributed by atoms with Crippen molar-refractivity contribution in [2.45, 2.75) is 129 Å². The van der Waals surface area contributed by atoms with Crippen LogP contribution in [0.2, 0.25) is 0 Å². The standard InChI is InChI=1S/C22H47NO/c1-5-6-7-8-9-10-11-12-13-14-15-16-17-18-19-20-21-22(2)23(3,4)24/h22H,5-21H2,1-4H3. The molecular formula is C22H47NO. The Labute approximate surface area is 153 Å². The number of hydrogen-bond acceptors (Lipinski definition) is 1. The van der Waals surface area contributed by atoms with Crippen LogP contribution in [0.3, 0.4) is 0 Å². The third kappa shape index (κ3) is 16.8. The Morgan fingerprint density at radius 1 is 0.583 bits per heavy atom. The highest BCUT2D eigenvalue weighted by atomic mass is 16.5. The van der Waals surface area contributed by atoms with Crippen molar-refractivity contribution in [3.05, 3.63) is 5.21 Å². The molecule has 0 aromatic carbocycles. The molecule has 0 rings (SSSR count). The molecule has 0 aromatic heterocycles. The highest BCUT2D eigenvalue weighted by Gasteiger charge is 2.12. The number of hydroxylamine groups is 3. The molecule has 0 aromatic rings. The predicted octanol–water partition coefficient (Wildman–Crippen LogP) is 7.60. The van der Waals surface area contributed by atoms with Crippen LogP contribution in [-0.4, -0.2) is 24.8 Å². The van der Waals surface area contributed by atoms with Gasteiger partial charge >= 0.3 is 0 Å². The zero-order valence-corrected chi connectivity index (χ0v) is 17.5. The second-order valence-corrected chi connectivity index (χ2v) is 8.38. The predicted molar refractivity (Wildman–Crippen MR) is 109 cm³/mol. The summed E-state index contributed by atoms with van der Waals surface area (Å²) in [6, 6.07) is 0.247. The maximum atomic E-state index is 11.7. The van der Waals surface area contributed by atoms with Gasteiger partial charge in [-0.2, -0.15) is 0 Å². The summed E-state index contributed by atoms with van der Waals surface area (Å²) in [7, 11) is 3.52. The Bertz CT molecular complexity index is 247. The van der Waals surface area contributed by atoms with Gasteiger partial charge in [-0.15, -0.1) is 0 Å². The van der Waals surface area contributed by atoms with Crippen molar-refractivity contribution in [2.75, 3.05) is 14.1 Å². The fraction of sp³-hybridized carbons (Fsp3) is 1.00. The maximum absolute atomic E-state index is 11.7. The molecule has 0 N–H and O–H groups in total. The van der Waals surface area contributed by atoms with Crippen molar-refractivity contribution in [1.29, 1.82) is 0 Å². The van der Waals surface area contributed by atoms with Crippen LogP contribution in [0, 0.1) is 5.21 Å². The van der Waals surface area contributed by atoms with Gasteiger partial charge in [0, 0.05) is 0 Å². The molecule has 1 unspecified atom stereocenters. The van der Waals surface area contributed by atoms with E-state index in [1.807, 2.05) is 0 Å². The first-order valence-electron chi connectivity index (χ1n) is 11.0. The molecule has 0 bridgehead atoms. The summed E-state index contributed by atoms with van der Waals surface area (Å²) in [5.74, 6) is 0. The molecule has 0 saturated heterocycles. The third-order valence-corrected chi connectivity index (χ3v) is 5.54. The quantitative estimate of drug-likeness (QED) is 0.143. The fourth-order valence-electron chi connectivity index (χ4n) is 3.30. The molecule has 24 heavy (non-hydrogen) atoms. The molecule has 0 radical (unpaired) electrons. The average Bonchev–Trinajstić information content (AvgIpc) is 2.53. The molecule has 0 spiro atoms. The number of unbranched alkanes of at least 4 members (excludes halogenated alkanes) is 15. The third-order valence-electron chi connectivity index (χ3n) is 5.54. The van der Waals surface area contributed by atoms with Crippen LogP contribution in [0.15, 0.2) is 0 Å². The molecule has 2 nitrogen and oxygen atoms in total. The molecule has 0 saturated carbocycles. The molecule has 0 aliphatic heterocycles. The minimum Gasteiger partial charge on any atom is -0.633 e. The topological polar surface area (TPSA) is 23.1 Å². The second kappa shape index (κ2) is 16.4. The van der Waals surface area contributed by atoms with Crippen molar-refractivity contribution >= 4 is 0 Å². The van der Waals surface area contributed by atoms with Crippen LogP contribution < -0.4 is 0 Å². The zero-order chi connectivity index (χ0) is 18.1. The summed E-state index contributed by atoms with van der Waals surface area (Å²) >= 11 is 0. The molecule has 0 heterocycles. The Hall–Kier alpha value is -0.0800. The van der Waals surface area contributed by atoms with Crippen LogP contribution >= 0.6 is 0 Å². The van der Waals surface area contributed by atoms with E-state index < -0.39 is 0 Å². The van der Waals surface area contributed by atoms with E-state index in [9.17, 15) is 5.21 Å². The van der Waals surface area contributed by atoms with Crippen molar-refractivity contribution in [1.82, 2.24) is 0 Å². The molecule has 0 aliphatic carbocycles. The minimum atomic E-state index is -0.140. The molecular weight excluding hydrogens is 294 g/mol. The van der Waals surface area contributed by atoms with Gasteiger partial charge in [-0.1, -0.05) is 103 Å². The van der Waals surface area contributed by atoms with E-state index in [1.54, 1.807) is 14.1 Å². The smallest absolute Gasteiger partial charge is 0.0854 e. The summed E-state index contributed by atoms with van der Waals surface area (Å²) in [6.45, 7) is 4.37. The van der Waals surface area contributed by atoms with E-state index in [1.165, 1.54) is 103 Å². The SMILES string of the molecule is CCCCCCCCCCCCCCCCCCC(C)[N+](C)(C)[O-]. The Kier molecular flexibility index (Phi) is 16.3. The van der Waals surface area contributed by atoms with Crippen molar-refractivity contribution in [3.8, 4) is 0 Å². The van der Waals surface area contributed by atoms with Gasteiger partial charge in [0.05, 0.1) is 20.1 Å². The van der Waals surface area contributed by atoms with E-state index in [0.717, 1.165) is 6.42 Å². The largest absolute Gasteiger partial charge is 0.633 e. The van der Waals surface area contributed by atoms with E-state index in [2.05, 4.69) is 13.8 Å². The van der Waals surface area contributed by atoms with Gasteiger partial charge < -0.3 is 9.85 Å². The van der Waals surface area contributed by atoms with Gasteiger partial charge in [0.2, 0.25) is 0 Å². The van der Waals surface area contributed by atoms with Crippen molar-refractivity contribution < 1.29 is 4.65 Å². The summed E-state index contributed by atoms with van der Waals surface area (Å²) < 4.78 is -0.140. The lowest BCUT2D eigenvalue weighted by molar-refractivity contribution is -0.864. The monoisotopic (exact) mass is 341 g/mol. The lowest BCUT2D eigenvalue weighted by Gasteiger charge is -2.40. The zero-order valence-electron chi connectivity index (χ0n) is 17.5. The molecule has 0 fully saturated rings. The average molecular weight is 342 g/mol. The van der Waals surface area contributed by atoms with Crippen LogP contribution in [0.4, 0.5) is 0 Å². The number of nitrogens with zero attached hydrogens (tertiary/aromatic N) is 1. The van der Waals surface area contributed by atoms with Crippen LogP contribution in [0.1, 0.15) is 123 Å². The van der Waals surface area contributed by atoms with Crippen molar-refractivity contribution in [2.24, 2.45) is 0 Å². The van der Waals surface area contributed by atoms with Gasteiger partial charge in [-0.05, 0) is 19.8 Å². The highest BCUT2D eigenvalue weighted by molar-refractivity contribution is 4.54. The lowest BCUT2D eigenvalue weighted by atomic mass is 10.0. The summed E-state index contributed by atoms with van der Waals surface area (Å²) in [4.78, 5) is 0. The van der Waals surface area contributed by atoms with E-state index in [0.29, 0.717) is 0 Å². The van der Waals surface area contributed by atoms with Crippen LogP contribution in [-0.2, 0) is 0 Å². The molecule has 0 amide bonds. The van der Waals surface area contributed by atoms with Gasteiger partial charge in [0.15, 0.2) is 0 Å². The molecule has 146 valence electrons. The van der Waals surface area contributed by atoms with Gasteiger partial charge in [-0.25, -0.2) is 0 Å². The van der Waals surface area contributed by atoms with Gasteiger partial charge in [0.1, 0.15) is 0 Å². The first-order valence-corrected chi connectivity index (χ1v) is 11.0. The Morgan fingerprint density at radius 3 is 1.17 bits per heavy atom. The van der Waals surface area contributed by atoms with Gasteiger partial charge in [-0.3, -0.25) is 0 Å². The second-order valence-electron chi connectivity index (χ2n) is 8.38. The fourth-order valence-corrected chi connectivity index (χ4v) is 3.30. The number of rotatable bonds is 18. The number of hydrogen-bond donors (Lipinski definition) is 0. The summed E-state index contributed by atoms with van der Waals surface area (Å²) in [5.41, 5.74) is 0. The first kappa shape index (κ1) is 23.9. The van der Waals surface area contributed by atoms with Crippen molar-refractivity contribution in [3.63, 3.8) is 0 Å². The van der Waals surface area contributed by atoms with E-state index in [-0.39, 0.29) is 10.7 Å². The number of quaternary nitrogens is 1. The highest BCUT2D eigenvalue weighted by Crippen LogP contribution is 2.16. The van der Waals surface area contributed by atoms with Crippen LogP contribution in [0.25, 0.3) is 0 Å².